The molecule has 1 saturated heterocycles. The number of imidazole rings is 1. The number of carbonyl (C=O) groups is 1. The van der Waals surface area contributed by atoms with E-state index in [-0.39, 0.29) is 11.8 Å². The first-order valence-electron chi connectivity index (χ1n) is 8.09. The fourth-order valence-corrected chi connectivity index (χ4v) is 3.44. The van der Waals surface area contributed by atoms with E-state index in [4.69, 9.17) is 4.74 Å². The topological polar surface area (TPSA) is 56.2 Å². The monoisotopic (exact) mass is 291 g/mol. The zero-order valence-corrected chi connectivity index (χ0v) is 12.8. The summed E-state index contributed by atoms with van der Waals surface area (Å²) in [6.07, 6.45) is 8.05. The first kappa shape index (κ1) is 14.6. The van der Waals surface area contributed by atoms with Crippen molar-refractivity contribution in [3.63, 3.8) is 0 Å². The van der Waals surface area contributed by atoms with Crippen LogP contribution in [-0.2, 0) is 22.5 Å². The minimum absolute atomic E-state index is 0.0984. The molecule has 0 bridgehead atoms. The van der Waals surface area contributed by atoms with Crippen LogP contribution in [-0.4, -0.2) is 35.2 Å². The summed E-state index contributed by atoms with van der Waals surface area (Å²) in [4.78, 5) is 16.6. The second-order valence-corrected chi connectivity index (χ2v) is 6.38. The molecule has 5 heteroatoms. The van der Waals surface area contributed by atoms with Gasteiger partial charge in [0.25, 0.3) is 0 Å². The maximum absolute atomic E-state index is 12.3. The number of nitrogens with zero attached hydrogens (tertiary/aromatic N) is 2. The van der Waals surface area contributed by atoms with Crippen molar-refractivity contribution in [1.29, 1.82) is 0 Å². The lowest BCUT2D eigenvalue weighted by Crippen LogP contribution is -2.39. The summed E-state index contributed by atoms with van der Waals surface area (Å²) in [5, 5.41) is 3.16. The summed E-state index contributed by atoms with van der Waals surface area (Å²) in [6.45, 7) is 5.41. The van der Waals surface area contributed by atoms with Gasteiger partial charge in [0.1, 0.15) is 5.82 Å². The molecular formula is C16H25N3O2. The predicted molar refractivity (Wildman–Crippen MR) is 79.8 cm³/mol. The molecular weight excluding hydrogens is 266 g/mol. The number of amides is 1. The lowest BCUT2D eigenvalue weighted by Gasteiger charge is -2.28. The smallest absolute Gasteiger partial charge is 0.223 e. The van der Waals surface area contributed by atoms with Gasteiger partial charge in [-0.1, -0.05) is 6.92 Å². The van der Waals surface area contributed by atoms with Gasteiger partial charge in [0.05, 0.1) is 0 Å². The molecule has 2 aliphatic heterocycles. The summed E-state index contributed by atoms with van der Waals surface area (Å²) in [7, 11) is 0. The molecule has 1 amide bonds. The van der Waals surface area contributed by atoms with Crippen LogP contribution in [0.3, 0.4) is 0 Å². The molecule has 0 aliphatic carbocycles. The van der Waals surface area contributed by atoms with Crippen molar-refractivity contribution >= 4 is 5.91 Å². The SMILES string of the molecule is C[C@@H](C(=O)NC[C@H]1CCc2nccn2C1)C1CCOCC1. The predicted octanol–water partition coefficient (Wildman–Crippen LogP) is 1.62. The maximum atomic E-state index is 12.3. The largest absolute Gasteiger partial charge is 0.381 e. The van der Waals surface area contributed by atoms with Crippen molar-refractivity contribution < 1.29 is 9.53 Å². The number of hydrogen-bond donors (Lipinski definition) is 1. The maximum Gasteiger partial charge on any atom is 0.223 e. The molecule has 0 unspecified atom stereocenters. The normalized spacial score (nSPS) is 24.3. The summed E-state index contributed by atoms with van der Waals surface area (Å²) in [6, 6.07) is 0. The number of hydrogen-bond acceptors (Lipinski definition) is 3. The van der Waals surface area contributed by atoms with E-state index in [0.717, 1.165) is 52.0 Å². The second-order valence-electron chi connectivity index (χ2n) is 6.38. The van der Waals surface area contributed by atoms with Crippen LogP contribution in [0.2, 0.25) is 0 Å². The highest BCUT2D eigenvalue weighted by atomic mass is 16.5. The summed E-state index contributed by atoms with van der Waals surface area (Å²) in [5.74, 6) is 2.48. The number of aryl methyl sites for hydroxylation is 1. The molecule has 3 rings (SSSR count). The van der Waals surface area contributed by atoms with Gasteiger partial charge in [-0.2, -0.15) is 0 Å². The molecule has 1 aromatic rings. The Balaban J connectivity index is 1.45. The van der Waals surface area contributed by atoms with Gasteiger partial charge in [0.2, 0.25) is 5.91 Å². The van der Waals surface area contributed by atoms with E-state index in [2.05, 4.69) is 21.8 Å². The molecule has 5 nitrogen and oxygen atoms in total. The zero-order valence-electron chi connectivity index (χ0n) is 12.8. The number of fused-ring (bicyclic) bond motifs is 1. The molecule has 0 spiro atoms. The Labute approximate surface area is 126 Å². The molecule has 2 atom stereocenters. The van der Waals surface area contributed by atoms with E-state index >= 15 is 0 Å². The Morgan fingerprint density at radius 2 is 2.29 bits per heavy atom. The summed E-state index contributed by atoms with van der Waals surface area (Å²) >= 11 is 0. The number of rotatable bonds is 4. The van der Waals surface area contributed by atoms with Crippen LogP contribution in [0.25, 0.3) is 0 Å². The van der Waals surface area contributed by atoms with Gasteiger partial charge in [0.15, 0.2) is 0 Å². The second kappa shape index (κ2) is 6.60. The van der Waals surface area contributed by atoms with Crippen molar-refractivity contribution in [3.8, 4) is 0 Å². The van der Waals surface area contributed by atoms with Crippen LogP contribution in [0.4, 0.5) is 0 Å². The van der Waals surface area contributed by atoms with E-state index < -0.39 is 0 Å². The first-order valence-corrected chi connectivity index (χ1v) is 8.09. The first-order chi connectivity index (χ1) is 10.2. The van der Waals surface area contributed by atoms with Gasteiger partial charge in [-0.25, -0.2) is 4.98 Å². The zero-order chi connectivity index (χ0) is 14.7. The van der Waals surface area contributed by atoms with Crippen molar-refractivity contribution in [2.24, 2.45) is 17.8 Å². The molecule has 0 radical (unpaired) electrons. The van der Waals surface area contributed by atoms with Crippen molar-refractivity contribution in [1.82, 2.24) is 14.9 Å². The van der Waals surface area contributed by atoms with Gasteiger partial charge in [0, 0.05) is 51.0 Å². The highest BCUT2D eigenvalue weighted by Gasteiger charge is 2.27. The summed E-state index contributed by atoms with van der Waals surface area (Å²) < 4.78 is 7.58. The van der Waals surface area contributed by atoms with Gasteiger partial charge < -0.3 is 14.6 Å². The Kier molecular flexibility index (Phi) is 4.58. The lowest BCUT2D eigenvalue weighted by atomic mass is 9.86. The van der Waals surface area contributed by atoms with Crippen LogP contribution in [0, 0.1) is 17.8 Å². The fourth-order valence-electron chi connectivity index (χ4n) is 3.44. The molecule has 21 heavy (non-hydrogen) atoms. The average molecular weight is 291 g/mol. The van der Waals surface area contributed by atoms with Gasteiger partial charge >= 0.3 is 0 Å². The number of ether oxygens (including phenoxy) is 1. The minimum atomic E-state index is 0.0984. The van der Waals surface area contributed by atoms with Crippen molar-refractivity contribution in [2.45, 2.75) is 39.2 Å². The third-order valence-electron chi connectivity index (χ3n) is 4.98. The third-order valence-corrected chi connectivity index (χ3v) is 4.98. The molecule has 0 aromatic carbocycles. The Morgan fingerprint density at radius 1 is 1.48 bits per heavy atom. The minimum Gasteiger partial charge on any atom is -0.381 e. The molecule has 3 heterocycles. The molecule has 116 valence electrons. The van der Waals surface area contributed by atoms with Crippen molar-refractivity contribution in [2.75, 3.05) is 19.8 Å². The molecule has 1 fully saturated rings. The standard InChI is InChI=1S/C16H25N3O2/c1-12(14-4-8-21-9-5-14)16(20)18-10-13-2-3-15-17-6-7-19(15)11-13/h6-7,12-14H,2-5,8-11H2,1H3,(H,18,20)/t12-,13-/m1/s1. The third kappa shape index (κ3) is 3.46. The molecule has 1 aromatic heterocycles. The average Bonchev–Trinajstić information content (AvgIpc) is 3.00. The van der Waals surface area contributed by atoms with E-state index in [1.165, 1.54) is 5.82 Å². The Morgan fingerprint density at radius 3 is 3.10 bits per heavy atom. The fraction of sp³-hybridized carbons (Fsp3) is 0.750. The lowest BCUT2D eigenvalue weighted by molar-refractivity contribution is -0.127. The Bertz CT molecular complexity index is 480. The number of nitrogens with one attached hydrogen (secondary N) is 1. The van der Waals surface area contributed by atoms with Crippen LogP contribution < -0.4 is 5.32 Å². The van der Waals surface area contributed by atoms with E-state index in [9.17, 15) is 4.79 Å². The quantitative estimate of drug-likeness (QED) is 0.917. The Hall–Kier alpha value is -1.36. The van der Waals surface area contributed by atoms with E-state index in [1.807, 2.05) is 12.4 Å². The highest BCUT2D eigenvalue weighted by Crippen LogP contribution is 2.24. The van der Waals surface area contributed by atoms with Crippen LogP contribution >= 0.6 is 0 Å². The number of aromatic nitrogens is 2. The molecule has 0 saturated carbocycles. The van der Waals surface area contributed by atoms with Crippen LogP contribution in [0.1, 0.15) is 32.0 Å². The van der Waals surface area contributed by atoms with Gasteiger partial charge in [-0.15, -0.1) is 0 Å². The summed E-state index contributed by atoms with van der Waals surface area (Å²) in [5.41, 5.74) is 0. The van der Waals surface area contributed by atoms with Crippen molar-refractivity contribution in [3.05, 3.63) is 18.2 Å². The highest BCUT2D eigenvalue weighted by molar-refractivity contribution is 5.78. The van der Waals surface area contributed by atoms with Gasteiger partial charge in [-0.05, 0) is 31.1 Å². The van der Waals surface area contributed by atoms with Crippen LogP contribution in [0.5, 0.6) is 0 Å². The molecule has 1 N–H and O–H groups in total. The van der Waals surface area contributed by atoms with E-state index in [1.54, 1.807) is 0 Å². The van der Waals surface area contributed by atoms with E-state index in [0.29, 0.717) is 11.8 Å². The molecule has 2 aliphatic rings. The van der Waals surface area contributed by atoms with Gasteiger partial charge in [-0.3, -0.25) is 4.79 Å². The number of carbonyl (C=O) groups excluding carboxylic acids is 1. The van der Waals surface area contributed by atoms with Crippen LogP contribution in [0.15, 0.2) is 12.4 Å².